The van der Waals surface area contributed by atoms with Gasteiger partial charge in [0.2, 0.25) is 0 Å². The van der Waals surface area contributed by atoms with E-state index in [1.807, 2.05) is 0 Å². The van der Waals surface area contributed by atoms with Crippen LogP contribution in [0, 0.1) is 0 Å². The minimum Gasteiger partial charge on any atom is -0.326 e. The fourth-order valence-electron chi connectivity index (χ4n) is 2.52. The Morgan fingerprint density at radius 3 is 2.86 bits per heavy atom. The van der Waals surface area contributed by atoms with Crippen LogP contribution in [0.4, 0.5) is 0 Å². The molecule has 0 saturated carbocycles. The van der Waals surface area contributed by atoms with Crippen molar-refractivity contribution in [2.45, 2.75) is 19.4 Å². The molecule has 1 nitrogen and oxygen atoms in total. The van der Waals surface area contributed by atoms with Crippen LogP contribution < -0.4 is 5.73 Å². The maximum absolute atomic E-state index is 5.74. The van der Waals surface area contributed by atoms with Gasteiger partial charge in [-0.3, -0.25) is 0 Å². The highest BCUT2D eigenvalue weighted by atomic mass is 14.5. The van der Waals surface area contributed by atoms with Crippen LogP contribution in [-0.2, 0) is 19.4 Å². The summed E-state index contributed by atoms with van der Waals surface area (Å²) in [6.45, 7) is 0.666. The molecule has 70 valence electrons. The molecule has 2 N–H and O–H groups in total. The molecule has 0 aliphatic heterocycles. The molecule has 2 aromatic carbocycles. The lowest BCUT2D eigenvalue weighted by Crippen LogP contribution is -2.00. The molecular formula is C13H13N. The summed E-state index contributed by atoms with van der Waals surface area (Å²) < 4.78 is 0. The second kappa shape index (κ2) is 2.82. The fraction of sp³-hybridized carbons (Fsp3) is 0.231. The molecule has 0 spiro atoms. The number of benzene rings is 2. The Morgan fingerprint density at radius 1 is 1.07 bits per heavy atom. The molecule has 3 rings (SSSR count). The van der Waals surface area contributed by atoms with Crippen LogP contribution in [0.5, 0.6) is 0 Å². The van der Waals surface area contributed by atoms with E-state index >= 15 is 0 Å². The third-order valence-electron chi connectivity index (χ3n) is 3.20. The van der Waals surface area contributed by atoms with E-state index in [0.29, 0.717) is 6.54 Å². The van der Waals surface area contributed by atoms with Crippen molar-refractivity contribution in [3.8, 4) is 0 Å². The van der Waals surface area contributed by atoms with E-state index in [4.69, 9.17) is 5.73 Å². The lowest BCUT2D eigenvalue weighted by Gasteiger charge is -2.06. The van der Waals surface area contributed by atoms with Crippen molar-refractivity contribution in [2.75, 3.05) is 0 Å². The number of nitrogens with two attached hydrogens (primary N) is 1. The van der Waals surface area contributed by atoms with Crippen LogP contribution in [0.1, 0.15) is 16.7 Å². The second-order valence-electron chi connectivity index (χ2n) is 3.92. The summed E-state index contributed by atoms with van der Waals surface area (Å²) in [7, 11) is 0. The van der Waals surface area contributed by atoms with Gasteiger partial charge >= 0.3 is 0 Å². The van der Waals surface area contributed by atoms with Crippen LogP contribution in [-0.4, -0.2) is 0 Å². The van der Waals surface area contributed by atoms with E-state index in [0.717, 1.165) is 0 Å². The molecule has 1 aliphatic rings. The Hall–Kier alpha value is -1.34. The van der Waals surface area contributed by atoms with Gasteiger partial charge < -0.3 is 5.73 Å². The Kier molecular flexibility index (Phi) is 1.62. The Balaban J connectivity index is 2.45. The first-order valence-electron chi connectivity index (χ1n) is 5.12. The van der Waals surface area contributed by atoms with Crippen molar-refractivity contribution >= 4 is 10.8 Å². The summed E-state index contributed by atoms with van der Waals surface area (Å²) in [5.74, 6) is 0. The van der Waals surface area contributed by atoms with Crippen LogP contribution in [0.3, 0.4) is 0 Å². The Labute approximate surface area is 83.5 Å². The van der Waals surface area contributed by atoms with E-state index in [1.54, 1.807) is 0 Å². The van der Waals surface area contributed by atoms with Crippen molar-refractivity contribution in [1.29, 1.82) is 0 Å². The minimum absolute atomic E-state index is 0.666. The van der Waals surface area contributed by atoms with Gasteiger partial charge in [0.15, 0.2) is 0 Å². The largest absolute Gasteiger partial charge is 0.326 e. The predicted molar refractivity (Wildman–Crippen MR) is 59.2 cm³/mol. The van der Waals surface area contributed by atoms with Gasteiger partial charge in [0, 0.05) is 6.54 Å². The molecule has 0 amide bonds. The number of hydrogen-bond acceptors (Lipinski definition) is 1. The average Bonchev–Trinajstić information content (AvgIpc) is 2.66. The van der Waals surface area contributed by atoms with Crippen LogP contribution in [0.2, 0.25) is 0 Å². The molecule has 0 unspecified atom stereocenters. The van der Waals surface area contributed by atoms with Crippen molar-refractivity contribution in [3.63, 3.8) is 0 Å². The normalized spacial score (nSPS) is 13.8. The summed E-state index contributed by atoms with van der Waals surface area (Å²) >= 11 is 0. The molecule has 1 heteroatoms. The van der Waals surface area contributed by atoms with E-state index in [-0.39, 0.29) is 0 Å². The summed E-state index contributed by atoms with van der Waals surface area (Å²) in [5.41, 5.74) is 10.0. The topological polar surface area (TPSA) is 26.0 Å². The zero-order valence-electron chi connectivity index (χ0n) is 8.09. The van der Waals surface area contributed by atoms with Gasteiger partial charge in [-0.1, -0.05) is 30.3 Å². The van der Waals surface area contributed by atoms with Gasteiger partial charge in [0.25, 0.3) is 0 Å². The molecule has 1 aliphatic carbocycles. The standard InChI is InChI=1S/C13H13N/c14-8-11-5-4-9-2-1-3-10-6-7-12(11)13(9)10/h1-5H,6-8,14H2. The van der Waals surface area contributed by atoms with Crippen molar-refractivity contribution in [3.05, 3.63) is 47.0 Å². The van der Waals surface area contributed by atoms with E-state index in [1.165, 1.54) is 40.3 Å². The number of hydrogen-bond donors (Lipinski definition) is 1. The maximum atomic E-state index is 5.74. The summed E-state index contributed by atoms with van der Waals surface area (Å²) in [6.07, 6.45) is 2.35. The smallest absolute Gasteiger partial charge is 0.0181 e. The predicted octanol–water partition coefficient (Wildman–Crippen LogP) is 2.40. The first-order chi connectivity index (χ1) is 6.90. The third kappa shape index (κ3) is 0.933. The number of aryl methyl sites for hydroxylation is 2. The molecular weight excluding hydrogens is 170 g/mol. The summed E-state index contributed by atoms with van der Waals surface area (Å²) in [4.78, 5) is 0. The molecule has 0 heterocycles. The summed E-state index contributed by atoms with van der Waals surface area (Å²) in [5, 5.41) is 2.84. The lowest BCUT2D eigenvalue weighted by molar-refractivity contribution is 0.974. The van der Waals surface area contributed by atoms with Crippen LogP contribution in [0.15, 0.2) is 30.3 Å². The molecule has 0 atom stereocenters. The first kappa shape index (κ1) is 8.01. The van der Waals surface area contributed by atoms with E-state index in [9.17, 15) is 0 Å². The lowest BCUT2D eigenvalue weighted by atomic mass is 10.0. The van der Waals surface area contributed by atoms with Gasteiger partial charge in [0.05, 0.1) is 0 Å². The highest BCUT2D eigenvalue weighted by molar-refractivity contribution is 5.91. The molecule has 0 fully saturated rings. The molecule has 0 aromatic heterocycles. The quantitative estimate of drug-likeness (QED) is 0.721. The Bertz CT molecular complexity index is 500. The second-order valence-corrected chi connectivity index (χ2v) is 3.92. The van der Waals surface area contributed by atoms with Crippen molar-refractivity contribution in [1.82, 2.24) is 0 Å². The van der Waals surface area contributed by atoms with E-state index < -0.39 is 0 Å². The molecule has 0 saturated heterocycles. The van der Waals surface area contributed by atoms with Gasteiger partial charge in [-0.15, -0.1) is 0 Å². The minimum atomic E-state index is 0.666. The fourth-order valence-corrected chi connectivity index (χ4v) is 2.52. The highest BCUT2D eigenvalue weighted by Crippen LogP contribution is 2.32. The zero-order valence-corrected chi connectivity index (χ0v) is 8.09. The van der Waals surface area contributed by atoms with Crippen LogP contribution in [0.25, 0.3) is 10.8 Å². The maximum Gasteiger partial charge on any atom is 0.0181 e. The van der Waals surface area contributed by atoms with Crippen LogP contribution >= 0.6 is 0 Å². The summed E-state index contributed by atoms with van der Waals surface area (Å²) in [6, 6.07) is 10.9. The highest BCUT2D eigenvalue weighted by Gasteiger charge is 2.15. The van der Waals surface area contributed by atoms with Crippen molar-refractivity contribution < 1.29 is 0 Å². The monoisotopic (exact) mass is 183 g/mol. The SMILES string of the molecule is NCc1ccc2cccc3c2c1CC3. The van der Waals surface area contributed by atoms with Gasteiger partial charge in [0.1, 0.15) is 0 Å². The molecule has 0 bridgehead atoms. The van der Waals surface area contributed by atoms with Gasteiger partial charge in [-0.25, -0.2) is 0 Å². The molecule has 2 aromatic rings. The third-order valence-corrected chi connectivity index (χ3v) is 3.20. The van der Waals surface area contributed by atoms with Gasteiger partial charge in [-0.2, -0.15) is 0 Å². The average molecular weight is 183 g/mol. The molecule has 14 heavy (non-hydrogen) atoms. The Morgan fingerprint density at radius 2 is 2.00 bits per heavy atom. The first-order valence-corrected chi connectivity index (χ1v) is 5.12. The van der Waals surface area contributed by atoms with Crippen molar-refractivity contribution in [2.24, 2.45) is 5.73 Å². The number of rotatable bonds is 1. The van der Waals surface area contributed by atoms with E-state index in [2.05, 4.69) is 30.3 Å². The zero-order chi connectivity index (χ0) is 9.54. The van der Waals surface area contributed by atoms with Gasteiger partial charge in [-0.05, 0) is 40.3 Å². The molecule has 0 radical (unpaired) electrons.